The van der Waals surface area contributed by atoms with E-state index >= 15 is 0 Å². The number of aryl methyl sites for hydroxylation is 1. The Morgan fingerprint density at radius 2 is 1.96 bits per heavy atom. The normalized spacial score (nSPS) is 15.1. The summed E-state index contributed by atoms with van der Waals surface area (Å²) in [6.45, 7) is 8.18. The number of rotatable bonds is 8. The van der Waals surface area contributed by atoms with Crippen molar-refractivity contribution in [3.63, 3.8) is 0 Å². The number of unbranched alkanes of at least 4 members (excludes halogenated alkanes) is 1. The Kier molecular flexibility index (Phi) is 6.81. The quantitative estimate of drug-likeness (QED) is 0.710. The molecule has 0 N–H and O–H groups in total. The summed E-state index contributed by atoms with van der Waals surface area (Å²) in [6.07, 6.45) is 3.05. The van der Waals surface area contributed by atoms with E-state index in [1.54, 1.807) is 0 Å². The van der Waals surface area contributed by atoms with Gasteiger partial charge in [-0.1, -0.05) is 30.6 Å². The van der Waals surface area contributed by atoms with Crippen LogP contribution in [0.4, 0.5) is 0 Å². The third-order valence-corrected chi connectivity index (χ3v) is 4.70. The summed E-state index contributed by atoms with van der Waals surface area (Å²) < 4.78 is 10.9. The number of hydrogen-bond acceptors (Lipinski definition) is 6. The maximum absolute atomic E-state index is 12.9. The average Bonchev–Trinajstić information content (AvgIpc) is 3.14. The number of carbonyl (C=O) groups excluding carboxylic acids is 1. The smallest absolute Gasteiger partial charge is 0.257 e. The highest BCUT2D eigenvalue weighted by molar-refractivity contribution is 5.97. The molecule has 2 aromatic rings. The molecule has 27 heavy (non-hydrogen) atoms. The van der Waals surface area contributed by atoms with E-state index in [1.165, 1.54) is 0 Å². The molecule has 146 valence electrons. The standard InChI is InChI=1S/C20H28N4O3/c1-3-5-10-18-21-19(27-22-18)15-23-11-13-24(14-12-23)20(25)16-8-6-7-9-17(16)26-4-2/h6-9H,3-5,10-15H2,1-2H3. The van der Waals surface area contributed by atoms with Gasteiger partial charge in [0, 0.05) is 32.6 Å². The van der Waals surface area contributed by atoms with Gasteiger partial charge in [-0.25, -0.2) is 0 Å². The molecule has 0 spiro atoms. The lowest BCUT2D eigenvalue weighted by molar-refractivity contribution is 0.0611. The highest BCUT2D eigenvalue weighted by Crippen LogP contribution is 2.21. The minimum atomic E-state index is 0.0262. The average molecular weight is 372 g/mol. The zero-order valence-electron chi connectivity index (χ0n) is 16.2. The molecule has 1 aliphatic heterocycles. The van der Waals surface area contributed by atoms with Crippen LogP contribution >= 0.6 is 0 Å². The van der Waals surface area contributed by atoms with Crippen LogP contribution in [0.3, 0.4) is 0 Å². The van der Waals surface area contributed by atoms with Crippen molar-refractivity contribution >= 4 is 5.91 Å². The Hall–Kier alpha value is -2.41. The summed E-state index contributed by atoms with van der Waals surface area (Å²) in [4.78, 5) is 21.4. The first-order valence-electron chi connectivity index (χ1n) is 9.76. The van der Waals surface area contributed by atoms with Gasteiger partial charge in [0.15, 0.2) is 5.82 Å². The molecule has 1 amide bonds. The number of aromatic nitrogens is 2. The molecule has 0 radical (unpaired) electrons. The van der Waals surface area contributed by atoms with E-state index in [1.807, 2.05) is 36.1 Å². The van der Waals surface area contributed by atoms with Crippen molar-refractivity contribution in [2.45, 2.75) is 39.7 Å². The van der Waals surface area contributed by atoms with Crippen molar-refractivity contribution in [1.29, 1.82) is 0 Å². The van der Waals surface area contributed by atoms with Crippen molar-refractivity contribution < 1.29 is 14.1 Å². The molecule has 1 saturated heterocycles. The Balaban J connectivity index is 1.53. The van der Waals surface area contributed by atoms with Gasteiger partial charge >= 0.3 is 0 Å². The lowest BCUT2D eigenvalue weighted by Gasteiger charge is -2.34. The van der Waals surface area contributed by atoms with Gasteiger partial charge in [0.05, 0.1) is 18.7 Å². The minimum absolute atomic E-state index is 0.0262. The Morgan fingerprint density at radius 1 is 1.19 bits per heavy atom. The van der Waals surface area contributed by atoms with Crippen LogP contribution in [0.1, 0.15) is 48.8 Å². The third kappa shape index (κ3) is 5.07. The first-order chi connectivity index (χ1) is 13.2. The van der Waals surface area contributed by atoms with Gasteiger partial charge in [0.1, 0.15) is 5.75 Å². The summed E-state index contributed by atoms with van der Waals surface area (Å²) in [7, 11) is 0. The molecular formula is C20H28N4O3. The lowest BCUT2D eigenvalue weighted by Crippen LogP contribution is -2.48. The molecule has 7 nitrogen and oxygen atoms in total. The van der Waals surface area contributed by atoms with Crippen LogP contribution in [0, 0.1) is 0 Å². The zero-order valence-corrected chi connectivity index (χ0v) is 16.2. The third-order valence-electron chi connectivity index (χ3n) is 4.70. The van der Waals surface area contributed by atoms with E-state index in [-0.39, 0.29) is 5.91 Å². The molecule has 1 aromatic heterocycles. The second kappa shape index (κ2) is 9.50. The fraction of sp³-hybridized carbons (Fsp3) is 0.550. The van der Waals surface area contributed by atoms with E-state index in [2.05, 4.69) is 22.0 Å². The van der Waals surface area contributed by atoms with Gasteiger partial charge in [-0.3, -0.25) is 9.69 Å². The van der Waals surface area contributed by atoms with Gasteiger partial charge < -0.3 is 14.2 Å². The monoisotopic (exact) mass is 372 g/mol. The van der Waals surface area contributed by atoms with Crippen LogP contribution in [-0.4, -0.2) is 58.6 Å². The van der Waals surface area contributed by atoms with Gasteiger partial charge in [-0.2, -0.15) is 4.98 Å². The van der Waals surface area contributed by atoms with Crippen molar-refractivity contribution in [2.24, 2.45) is 0 Å². The van der Waals surface area contributed by atoms with Crippen molar-refractivity contribution in [3.05, 3.63) is 41.5 Å². The number of nitrogens with zero attached hydrogens (tertiary/aromatic N) is 4. The lowest BCUT2D eigenvalue weighted by atomic mass is 10.1. The van der Waals surface area contributed by atoms with E-state index in [9.17, 15) is 4.79 Å². The molecular weight excluding hydrogens is 344 g/mol. The van der Waals surface area contributed by atoms with E-state index < -0.39 is 0 Å². The molecule has 7 heteroatoms. The van der Waals surface area contributed by atoms with Crippen LogP contribution in [0.15, 0.2) is 28.8 Å². The maximum Gasteiger partial charge on any atom is 0.257 e. The molecule has 1 aromatic carbocycles. The van der Waals surface area contributed by atoms with E-state index in [0.717, 1.165) is 38.2 Å². The minimum Gasteiger partial charge on any atom is -0.493 e. The number of ether oxygens (including phenoxy) is 1. The molecule has 0 saturated carbocycles. The number of para-hydroxylation sites is 1. The second-order valence-corrected chi connectivity index (χ2v) is 6.71. The molecule has 0 bridgehead atoms. The zero-order chi connectivity index (χ0) is 19.1. The fourth-order valence-corrected chi connectivity index (χ4v) is 3.19. The molecule has 1 fully saturated rings. The molecule has 0 atom stereocenters. The van der Waals surface area contributed by atoms with Crippen molar-refractivity contribution in [2.75, 3.05) is 32.8 Å². The molecule has 0 unspecified atom stereocenters. The van der Waals surface area contributed by atoms with Crippen LogP contribution < -0.4 is 4.74 Å². The number of hydrogen-bond donors (Lipinski definition) is 0. The summed E-state index contributed by atoms with van der Waals surface area (Å²) in [6, 6.07) is 7.44. The SMILES string of the molecule is CCCCc1noc(CN2CCN(C(=O)c3ccccc3OCC)CC2)n1. The van der Waals surface area contributed by atoms with Crippen molar-refractivity contribution in [1.82, 2.24) is 19.9 Å². The Labute approximate surface area is 160 Å². The number of carbonyl (C=O) groups is 1. The summed E-state index contributed by atoms with van der Waals surface area (Å²) in [5, 5.41) is 4.04. The number of benzene rings is 1. The fourth-order valence-electron chi connectivity index (χ4n) is 3.19. The summed E-state index contributed by atoms with van der Waals surface area (Å²) in [5.41, 5.74) is 0.630. The highest BCUT2D eigenvalue weighted by atomic mass is 16.5. The number of piperazine rings is 1. The van der Waals surface area contributed by atoms with Crippen LogP contribution in [0.5, 0.6) is 5.75 Å². The topological polar surface area (TPSA) is 71.7 Å². The predicted molar refractivity (Wildman–Crippen MR) is 102 cm³/mol. The van der Waals surface area contributed by atoms with Crippen LogP contribution in [0.25, 0.3) is 0 Å². The first kappa shape index (κ1) is 19.4. The largest absolute Gasteiger partial charge is 0.493 e. The van der Waals surface area contributed by atoms with Gasteiger partial charge in [0.25, 0.3) is 5.91 Å². The molecule has 3 rings (SSSR count). The number of amides is 1. The van der Waals surface area contributed by atoms with Gasteiger partial charge in [0.2, 0.25) is 5.89 Å². The first-order valence-corrected chi connectivity index (χ1v) is 9.76. The molecule has 1 aliphatic rings. The van der Waals surface area contributed by atoms with Crippen LogP contribution in [-0.2, 0) is 13.0 Å². The summed E-state index contributed by atoms with van der Waals surface area (Å²) in [5.74, 6) is 2.12. The molecule has 2 heterocycles. The van der Waals surface area contributed by atoms with E-state index in [0.29, 0.717) is 43.4 Å². The van der Waals surface area contributed by atoms with Crippen LogP contribution in [0.2, 0.25) is 0 Å². The Morgan fingerprint density at radius 3 is 2.70 bits per heavy atom. The second-order valence-electron chi connectivity index (χ2n) is 6.71. The maximum atomic E-state index is 12.9. The Bertz CT molecular complexity index is 738. The highest BCUT2D eigenvalue weighted by Gasteiger charge is 2.25. The van der Waals surface area contributed by atoms with Gasteiger partial charge in [-0.15, -0.1) is 0 Å². The van der Waals surface area contributed by atoms with Gasteiger partial charge in [-0.05, 0) is 25.5 Å². The predicted octanol–water partition coefficient (Wildman–Crippen LogP) is 2.77. The van der Waals surface area contributed by atoms with E-state index in [4.69, 9.17) is 9.26 Å². The summed E-state index contributed by atoms with van der Waals surface area (Å²) >= 11 is 0. The molecule has 0 aliphatic carbocycles. The van der Waals surface area contributed by atoms with Crippen molar-refractivity contribution in [3.8, 4) is 5.75 Å².